The molecule has 31 heavy (non-hydrogen) atoms. The van der Waals surface area contributed by atoms with Crippen LogP contribution in [0.1, 0.15) is 44.2 Å². The summed E-state index contributed by atoms with van der Waals surface area (Å²) in [5.74, 6) is 0.944. The van der Waals surface area contributed by atoms with Gasteiger partial charge in [-0.3, -0.25) is 9.59 Å². The molecule has 0 spiro atoms. The van der Waals surface area contributed by atoms with E-state index in [4.69, 9.17) is 9.47 Å². The summed E-state index contributed by atoms with van der Waals surface area (Å²) in [5, 5.41) is 2.97. The van der Waals surface area contributed by atoms with Gasteiger partial charge in [-0.2, -0.15) is 0 Å². The molecule has 6 heteroatoms. The predicted octanol–water partition coefficient (Wildman–Crippen LogP) is 4.11. The largest absolute Gasteiger partial charge is 0.497 e. The lowest BCUT2D eigenvalue weighted by atomic mass is 10.1. The summed E-state index contributed by atoms with van der Waals surface area (Å²) >= 11 is 0. The minimum absolute atomic E-state index is 0.123. The molecule has 2 aromatic rings. The molecular weight excluding hydrogens is 392 g/mol. The lowest BCUT2D eigenvalue weighted by Crippen LogP contribution is -2.50. The molecule has 0 aromatic heterocycles. The van der Waals surface area contributed by atoms with Crippen molar-refractivity contribution in [2.45, 2.75) is 52.6 Å². The highest BCUT2D eigenvalue weighted by molar-refractivity contribution is 5.88. The molecule has 0 heterocycles. The van der Waals surface area contributed by atoms with E-state index in [2.05, 4.69) is 12.2 Å². The van der Waals surface area contributed by atoms with Gasteiger partial charge in [0.15, 0.2) is 6.61 Å². The van der Waals surface area contributed by atoms with E-state index in [0.29, 0.717) is 25.3 Å². The van der Waals surface area contributed by atoms with Crippen molar-refractivity contribution in [3.05, 3.63) is 59.7 Å². The molecule has 0 fully saturated rings. The lowest BCUT2D eigenvalue weighted by molar-refractivity contribution is -0.143. The second-order valence-electron chi connectivity index (χ2n) is 7.48. The summed E-state index contributed by atoms with van der Waals surface area (Å²) in [6.07, 6.45) is 2.44. The Balaban J connectivity index is 2.16. The first-order valence-corrected chi connectivity index (χ1v) is 10.9. The third-order valence-corrected chi connectivity index (χ3v) is 5.24. The second kappa shape index (κ2) is 12.6. The van der Waals surface area contributed by atoms with E-state index in [9.17, 15) is 9.59 Å². The van der Waals surface area contributed by atoms with Gasteiger partial charge >= 0.3 is 0 Å². The van der Waals surface area contributed by atoms with Gasteiger partial charge in [0.1, 0.15) is 17.5 Å². The van der Waals surface area contributed by atoms with E-state index in [-0.39, 0.29) is 18.4 Å². The fourth-order valence-corrected chi connectivity index (χ4v) is 3.30. The Morgan fingerprint density at radius 2 is 1.71 bits per heavy atom. The van der Waals surface area contributed by atoms with Crippen molar-refractivity contribution < 1.29 is 19.1 Å². The maximum Gasteiger partial charge on any atom is 0.261 e. The predicted molar refractivity (Wildman–Crippen MR) is 122 cm³/mol. The van der Waals surface area contributed by atoms with Gasteiger partial charge in [-0.15, -0.1) is 0 Å². The number of aryl methyl sites for hydroxylation is 1. The molecule has 0 saturated carbocycles. The molecule has 0 bridgehead atoms. The smallest absolute Gasteiger partial charge is 0.261 e. The Labute approximate surface area is 185 Å². The number of rotatable bonds is 12. The summed E-state index contributed by atoms with van der Waals surface area (Å²) in [4.78, 5) is 27.7. The van der Waals surface area contributed by atoms with Crippen LogP contribution in [0.4, 0.5) is 0 Å². The third-order valence-electron chi connectivity index (χ3n) is 5.24. The van der Waals surface area contributed by atoms with Gasteiger partial charge in [0, 0.05) is 13.1 Å². The van der Waals surface area contributed by atoms with Crippen molar-refractivity contribution in [2.24, 2.45) is 0 Å². The average molecular weight is 427 g/mol. The third kappa shape index (κ3) is 7.31. The first kappa shape index (κ1) is 24.3. The van der Waals surface area contributed by atoms with Crippen LogP contribution in [0.3, 0.4) is 0 Å². The highest BCUT2D eigenvalue weighted by atomic mass is 16.5. The number of unbranched alkanes of at least 4 members (excludes halogenated alkanes) is 1. The molecule has 6 nitrogen and oxygen atoms in total. The molecule has 0 aliphatic carbocycles. The Morgan fingerprint density at radius 1 is 1.03 bits per heavy atom. The molecular formula is C25H34N2O4. The number of amides is 2. The maximum absolute atomic E-state index is 13.2. The van der Waals surface area contributed by atoms with Crippen molar-refractivity contribution >= 4 is 11.8 Å². The fraction of sp³-hybridized carbons (Fsp3) is 0.440. The summed E-state index contributed by atoms with van der Waals surface area (Å²) in [6, 6.07) is 14.4. The zero-order valence-electron chi connectivity index (χ0n) is 19.0. The summed E-state index contributed by atoms with van der Waals surface area (Å²) < 4.78 is 10.9. The normalized spacial score (nSPS) is 11.5. The number of carbonyl (C=O) groups is 2. The van der Waals surface area contributed by atoms with Gasteiger partial charge in [0.2, 0.25) is 5.91 Å². The maximum atomic E-state index is 13.2. The average Bonchev–Trinajstić information content (AvgIpc) is 2.79. The summed E-state index contributed by atoms with van der Waals surface area (Å²) in [6.45, 7) is 6.84. The molecule has 0 aliphatic rings. The molecule has 2 rings (SSSR count). The highest BCUT2D eigenvalue weighted by Crippen LogP contribution is 2.19. The first-order valence-electron chi connectivity index (χ1n) is 10.9. The molecule has 1 atom stereocenters. The molecule has 2 amide bonds. The van der Waals surface area contributed by atoms with Crippen LogP contribution in [0.5, 0.6) is 11.5 Å². The van der Waals surface area contributed by atoms with E-state index in [1.54, 1.807) is 36.3 Å². The van der Waals surface area contributed by atoms with E-state index in [1.807, 2.05) is 38.1 Å². The number of hydrogen-bond acceptors (Lipinski definition) is 4. The summed E-state index contributed by atoms with van der Waals surface area (Å²) in [5.41, 5.74) is 2.10. The minimum Gasteiger partial charge on any atom is -0.497 e. The van der Waals surface area contributed by atoms with Gasteiger partial charge in [-0.1, -0.05) is 44.5 Å². The zero-order chi connectivity index (χ0) is 22.6. The molecule has 0 aliphatic heterocycles. The Bertz CT molecular complexity index is 836. The molecule has 0 saturated heterocycles. The van der Waals surface area contributed by atoms with Crippen molar-refractivity contribution in [1.82, 2.24) is 10.2 Å². The zero-order valence-corrected chi connectivity index (χ0v) is 19.0. The SMILES string of the molecule is CCCCNC(=O)[C@H](CC)N(Cc1ccccc1C)C(=O)COc1ccc(OC)cc1. The highest BCUT2D eigenvalue weighted by Gasteiger charge is 2.29. The lowest BCUT2D eigenvalue weighted by Gasteiger charge is -2.31. The molecule has 1 N–H and O–H groups in total. The number of hydrogen-bond donors (Lipinski definition) is 1. The number of benzene rings is 2. The van der Waals surface area contributed by atoms with E-state index < -0.39 is 6.04 Å². The van der Waals surface area contributed by atoms with Crippen LogP contribution in [0.2, 0.25) is 0 Å². The van der Waals surface area contributed by atoms with Crippen molar-refractivity contribution in [1.29, 1.82) is 0 Å². The van der Waals surface area contributed by atoms with Gasteiger partial charge < -0.3 is 19.7 Å². The Morgan fingerprint density at radius 3 is 2.32 bits per heavy atom. The van der Waals surface area contributed by atoms with Crippen LogP contribution in [0, 0.1) is 6.92 Å². The first-order chi connectivity index (χ1) is 15.0. The van der Waals surface area contributed by atoms with Crippen LogP contribution < -0.4 is 14.8 Å². The molecule has 0 unspecified atom stereocenters. The number of ether oxygens (including phenoxy) is 2. The van der Waals surface area contributed by atoms with Gasteiger partial charge in [-0.25, -0.2) is 0 Å². The van der Waals surface area contributed by atoms with Gasteiger partial charge in [-0.05, 0) is 55.2 Å². The van der Waals surface area contributed by atoms with Crippen LogP contribution in [0.15, 0.2) is 48.5 Å². The van der Waals surface area contributed by atoms with E-state index in [1.165, 1.54) is 0 Å². The van der Waals surface area contributed by atoms with E-state index >= 15 is 0 Å². The van der Waals surface area contributed by atoms with Crippen LogP contribution in [-0.2, 0) is 16.1 Å². The molecule has 0 radical (unpaired) electrons. The topological polar surface area (TPSA) is 67.9 Å². The van der Waals surface area contributed by atoms with Crippen molar-refractivity contribution in [3.8, 4) is 11.5 Å². The van der Waals surface area contributed by atoms with Crippen LogP contribution in [0.25, 0.3) is 0 Å². The van der Waals surface area contributed by atoms with Crippen molar-refractivity contribution in [3.63, 3.8) is 0 Å². The minimum atomic E-state index is -0.552. The van der Waals surface area contributed by atoms with Crippen molar-refractivity contribution in [2.75, 3.05) is 20.3 Å². The monoisotopic (exact) mass is 426 g/mol. The molecule has 2 aromatic carbocycles. The van der Waals surface area contributed by atoms with Gasteiger partial charge in [0.25, 0.3) is 5.91 Å². The Hall–Kier alpha value is -3.02. The van der Waals surface area contributed by atoms with Gasteiger partial charge in [0.05, 0.1) is 7.11 Å². The number of nitrogens with zero attached hydrogens (tertiary/aromatic N) is 1. The Kier molecular flexibility index (Phi) is 9.88. The number of nitrogens with one attached hydrogen (secondary N) is 1. The molecule has 168 valence electrons. The fourth-order valence-electron chi connectivity index (χ4n) is 3.30. The standard InChI is InChI=1S/C25H34N2O4/c1-5-7-16-26-25(29)23(6-2)27(17-20-11-9-8-10-19(20)3)24(28)18-31-22-14-12-21(30-4)13-15-22/h8-15,23H,5-7,16-18H2,1-4H3,(H,26,29)/t23-/m0/s1. The summed E-state index contributed by atoms with van der Waals surface area (Å²) in [7, 11) is 1.60. The van der Waals surface area contributed by atoms with Crippen LogP contribution in [-0.4, -0.2) is 43.0 Å². The number of carbonyl (C=O) groups excluding carboxylic acids is 2. The van der Waals surface area contributed by atoms with E-state index in [0.717, 1.165) is 29.7 Å². The quantitative estimate of drug-likeness (QED) is 0.519. The number of methoxy groups -OCH3 is 1. The van der Waals surface area contributed by atoms with Crippen LogP contribution >= 0.6 is 0 Å². The second-order valence-corrected chi connectivity index (χ2v) is 7.48.